The minimum absolute atomic E-state index is 0.0976. The molecule has 52 heavy (non-hydrogen) atoms. The van der Waals surface area contributed by atoms with Gasteiger partial charge in [0.15, 0.2) is 0 Å². The zero-order valence-corrected chi connectivity index (χ0v) is 29.5. The van der Waals surface area contributed by atoms with Gasteiger partial charge in [-0.1, -0.05) is 147 Å². The van der Waals surface area contributed by atoms with Crippen LogP contribution in [0.4, 0.5) is 17.1 Å². The minimum atomic E-state index is -0.0976. The van der Waals surface area contributed by atoms with Crippen LogP contribution in [0.5, 0.6) is 0 Å². The summed E-state index contributed by atoms with van der Waals surface area (Å²) >= 11 is 0. The normalized spacial score (nSPS) is 13.1. The summed E-state index contributed by atoms with van der Waals surface area (Å²) in [5.74, 6) is 0. The lowest BCUT2D eigenvalue weighted by atomic mass is 9.82. The first-order valence-corrected chi connectivity index (χ1v) is 18.1. The van der Waals surface area contributed by atoms with Crippen molar-refractivity contribution in [3.63, 3.8) is 0 Å². The molecule has 0 unspecified atom stereocenters. The average molecular weight is 668 g/mol. The van der Waals surface area contributed by atoms with Crippen LogP contribution in [0.1, 0.15) is 30.5 Å². The van der Waals surface area contributed by atoms with E-state index in [-0.39, 0.29) is 5.41 Å². The monoisotopic (exact) mass is 667 g/mol. The van der Waals surface area contributed by atoms with E-state index in [9.17, 15) is 0 Å². The van der Waals surface area contributed by atoms with Gasteiger partial charge in [-0.15, -0.1) is 0 Å². The van der Waals surface area contributed by atoms with Crippen LogP contribution < -0.4 is 4.90 Å². The van der Waals surface area contributed by atoms with E-state index in [2.05, 4.69) is 200 Å². The fourth-order valence-electron chi connectivity index (χ4n) is 8.55. The predicted molar refractivity (Wildman–Crippen MR) is 218 cm³/mol. The Labute approximate surface area is 304 Å². The highest BCUT2D eigenvalue weighted by atomic mass is 15.2. The molecule has 0 spiro atoms. The molecule has 0 aliphatic heterocycles. The average Bonchev–Trinajstić information content (AvgIpc) is 3.66. The van der Waals surface area contributed by atoms with Gasteiger partial charge >= 0.3 is 0 Å². The third-order valence-electron chi connectivity index (χ3n) is 11.2. The molecule has 0 amide bonds. The van der Waals surface area contributed by atoms with Gasteiger partial charge in [-0.2, -0.15) is 5.10 Å². The number of pyridine rings is 1. The summed E-state index contributed by atoms with van der Waals surface area (Å²) in [5.41, 5.74) is 15.3. The van der Waals surface area contributed by atoms with Gasteiger partial charge in [0.1, 0.15) is 0 Å². The molecular formula is C49H37N3. The van der Waals surface area contributed by atoms with E-state index < -0.39 is 0 Å². The van der Waals surface area contributed by atoms with Crippen molar-refractivity contribution in [3.8, 4) is 33.6 Å². The third kappa shape index (κ3) is 4.56. The molecule has 2 aromatic heterocycles. The number of fused-ring (bicyclic) bond motifs is 7. The van der Waals surface area contributed by atoms with Gasteiger partial charge in [0.05, 0.1) is 22.6 Å². The molecule has 7 aromatic carbocycles. The molecule has 3 heteroatoms. The summed E-state index contributed by atoms with van der Waals surface area (Å²) in [6.07, 6.45) is 0. The molecule has 0 N–H and O–H groups in total. The molecular weight excluding hydrogens is 631 g/mol. The molecule has 1 aliphatic rings. The topological polar surface area (TPSA) is 20.5 Å². The van der Waals surface area contributed by atoms with Crippen LogP contribution in [0.3, 0.4) is 0 Å². The van der Waals surface area contributed by atoms with E-state index in [1.165, 1.54) is 49.4 Å². The molecule has 0 saturated heterocycles. The first-order chi connectivity index (χ1) is 25.5. The molecule has 248 valence electrons. The Hall–Kier alpha value is -6.45. The first kappa shape index (κ1) is 30.4. The van der Waals surface area contributed by atoms with Gasteiger partial charge in [0.2, 0.25) is 0 Å². The Morgan fingerprint density at radius 2 is 1.17 bits per heavy atom. The quantitative estimate of drug-likeness (QED) is 0.182. The van der Waals surface area contributed by atoms with Gasteiger partial charge in [0, 0.05) is 44.3 Å². The predicted octanol–water partition coefficient (Wildman–Crippen LogP) is 13.1. The number of hydrogen-bond acceptors (Lipinski definition) is 2. The van der Waals surface area contributed by atoms with Crippen LogP contribution in [0.25, 0.3) is 60.7 Å². The standard InChI is InChI=1S/C49H37N3/c1-32-47(50-52-46(34-15-5-4-6-16-34)30-36-17-8-10-20-40(36)48(32)52)35-24-26-37(27-25-35)51(45-23-13-18-33-14-7-9-19-39(33)45)38-28-29-42-41-21-11-12-22-43(41)49(2,3)44(42)31-38/h4-31H,1-3H3. The summed E-state index contributed by atoms with van der Waals surface area (Å²) < 4.78 is 2.14. The Morgan fingerprint density at radius 3 is 2.00 bits per heavy atom. The van der Waals surface area contributed by atoms with Crippen LogP contribution in [-0.4, -0.2) is 9.61 Å². The fourth-order valence-corrected chi connectivity index (χ4v) is 8.55. The number of rotatable bonds is 5. The molecule has 0 atom stereocenters. The molecule has 9 aromatic rings. The molecule has 0 bridgehead atoms. The molecule has 2 heterocycles. The van der Waals surface area contributed by atoms with Gasteiger partial charge in [-0.3, -0.25) is 0 Å². The van der Waals surface area contributed by atoms with Crippen molar-refractivity contribution in [2.75, 3.05) is 4.90 Å². The molecule has 1 aliphatic carbocycles. The van der Waals surface area contributed by atoms with E-state index in [4.69, 9.17) is 5.10 Å². The van der Waals surface area contributed by atoms with E-state index in [1.807, 2.05) is 0 Å². The van der Waals surface area contributed by atoms with Crippen LogP contribution in [0.2, 0.25) is 0 Å². The summed E-state index contributed by atoms with van der Waals surface area (Å²) in [7, 11) is 0. The highest BCUT2D eigenvalue weighted by Crippen LogP contribution is 2.51. The molecule has 0 fully saturated rings. The smallest absolute Gasteiger partial charge is 0.0963 e. The number of aromatic nitrogens is 2. The maximum atomic E-state index is 5.32. The lowest BCUT2D eigenvalue weighted by Crippen LogP contribution is -2.16. The van der Waals surface area contributed by atoms with Gasteiger partial charge in [-0.25, -0.2) is 4.52 Å². The Kier molecular flexibility index (Phi) is 6.74. The van der Waals surface area contributed by atoms with Crippen molar-refractivity contribution in [3.05, 3.63) is 187 Å². The van der Waals surface area contributed by atoms with E-state index in [1.54, 1.807) is 0 Å². The van der Waals surface area contributed by atoms with Gasteiger partial charge < -0.3 is 4.90 Å². The van der Waals surface area contributed by atoms with E-state index in [0.717, 1.165) is 45.1 Å². The number of aryl methyl sites for hydroxylation is 1. The zero-order valence-electron chi connectivity index (χ0n) is 29.5. The van der Waals surface area contributed by atoms with Crippen molar-refractivity contribution in [2.24, 2.45) is 0 Å². The summed E-state index contributed by atoms with van der Waals surface area (Å²) in [6, 6.07) is 61.6. The maximum absolute atomic E-state index is 5.32. The number of hydrogen-bond donors (Lipinski definition) is 0. The zero-order chi connectivity index (χ0) is 35.0. The summed E-state index contributed by atoms with van der Waals surface area (Å²) in [4.78, 5) is 2.42. The van der Waals surface area contributed by atoms with Crippen molar-refractivity contribution < 1.29 is 0 Å². The van der Waals surface area contributed by atoms with Crippen LogP contribution in [0, 0.1) is 6.92 Å². The van der Waals surface area contributed by atoms with Crippen LogP contribution >= 0.6 is 0 Å². The lowest BCUT2D eigenvalue weighted by Gasteiger charge is -2.29. The van der Waals surface area contributed by atoms with Crippen molar-refractivity contribution in [1.82, 2.24) is 9.61 Å². The third-order valence-corrected chi connectivity index (χ3v) is 11.2. The van der Waals surface area contributed by atoms with Crippen molar-refractivity contribution >= 4 is 44.1 Å². The fraction of sp³-hybridized carbons (Fsp3) is 0.0816. The second-order valence-corrected chi connectivity index (χ2v) is 14.5. The lowest BCUT2D eigenvalue weighted by molar-refractivity contribution is 0.660. The second-order valence-electron chi connectivity index (χ2n) is 14.5. The van der Waals surface area contributed by atoms with Crippen LogP contribution in [-0.2, 0) is 5.41 Å². The Balaban J connectivity index is 1.14. The minimum Gasteiger partial charge on any atom is -0.310 e. The Bertz CT molecular complexity index is 2820. The molecule has 10 rings (SSSR count). The summed E-state index contributed by atoms with van der Waals surface area (Å²) in [6.45, 7) is 6.91. The van der Waals surface area contributed by atoms with Crippen molar-refractivity contribution in [2.45, 2.75) is 26.2 Å². The van der Waals surface area contributed by atoms with E-state index >= 15 is 0 Å². The van der Waals surface area contributed by atoms with Crippen molar-refractivity contribution in [1.29, 1.82) is 0 Å². The van der Waals surface area contributed by atoms with Gasteiger partial charge in [0.25, 0.3) is 0 Å². The molecule has 0 saturated carbocycles. The second kappa shape index (κ2) is 11.5. The summed E-state index contributed by atoms with van der Waals surface area (Å²) in [5, 5.41) is 10.2. The number of benzene rings is 7. The largest absolute Gasteiger partial charge is 0.310 e. The van der Waals surface area contributed by atoms with E-state index in [0.29, 0.717) is 0 Å². The number of anilines is 3. The Morgan fingerprint density at radius 1 is 0.519 bits per heavy atom. The maximum Gasteiger partial charge on any atom is 0.0963 e. The highest BCUT2D eigenvalue weighted by molar-refractivity contribution is 6.02. The van der Waals surface area contributed by atoms with Gasteiger partial charge in [-0.05, 0) is 76.3 Å². The number of nitrogens with zero attached hydrogens (tertiary/aromatic N) is 3. The first-order valence-electron chi connectivity index (χ1n) is 18.1. The SMILES string of the molecule is Cc1c(-c2ccc(N(c3ccc4c(c3)C(C)(C)c3ccccc3-4)c3cccc4ccccc34)cc2)nn2c(-c3ccccc3)cc3ccccc3c12. The molecule has 0 radical (unpaired) electrons. The van der Waals surface area contributed by atoms with Crippen LogP contribution in [0.15, 0.2) is 170 Å². The highest BCUT2D eigenvalue weighted by Gasteiger charge is 2.35. The molecule has 3 nitrogen and oxygen atoms in total.